The van der Waals surface area contributed by atoms with Crippen LogP contribution in [0.1, 0.15) is 69.6 Å². The van der Waals surface area contributed by atoms with Gasteiger partial charge >= 0.3 is 0 Å². The van der Waals surface area contributed by atoms with Gasteiger partial charge in [-0.05, 0) is 91.7 Å². The summed E-state index contributed by atoms with van der Waals surface area (Å²) in [6, 6.07) is 4.46. The SMILES string of the molecule is C=CC.C=CC1=C(/C=C\N/C(C)=C/C=C(C=C)/C(/C=C\C)=c2\oc(/C=C\C)c(C)c2=C)c2c(ccc3c2S/C=C\C=C/C3=C)C1(C)C. The molecule has 4 rings (SSSR count). The maximum absolute atomic E-state index is 6.24. The van der Waals surface area contributed by atoms with Crippen LogP contribution in [-0.4, -0.2) is 0 Å². The fraction of sp³-hybridized carbons (Fsp3) is 0.182. The monoisotopic (exact) mass is 639 g/mol. The van der Waals surface area contributed by atoms with E-state index < -0.39 is 0 Å². The molecule has 0 amide bonds. The summed E-state index contributed by atoms with van der Waals surface area (Å²) in [6.45, 7) is 34.8. The number of hydrogen-bond acceptors (Lipinski definition) is 3. The number of thioether (sulfide) groups is 1. The van der Waals surface area contributed by atoms with E-state index in [2.05, 4.69) is 100.0 Å². The summed E-state index contributed by atoms with van der Waals surface area (Å²) < 4.78 is 6.24. The molecule has 0 saturated carbocycles. The van der Waals surface area contributed by atoms with Crippen molar-refractivity contribution >= 4 is 41.1 Å². The molecule has 1 aliphatic carbocycles. The second kappa shape index (κ2) is 16.7. The quantitative estimate of drug-likeness (QED) is 0.218. The average molecular weight is 640 g/mol. The van der Waals surface area contributed by atoms with Gasteiger partial charge in [0.1, 0.15) is 11.2 Å². The zero-order valence-corrected chi connectivity index (χ0v) is 30.0. The first-order chi connectivity index (χ1) is 22.5. The molecule has 2 heterocycles. The van der Waals surface area contributed by atoms with Crippen LogP contribution in [0.25, 0.3) is 29.4 Å². The summed E-state index contributed by atoms with van der Waals surface area (Å²) in [5, 5.41) is 6.49. The molecule has 1 aromatic carbocycles. The van der Waals surface area contributed by atoms with E-state index in [0.29, 0.717) is 0 Å². The van der Waals surface area contributed by atoms with Gasteiger partial charge in [-0.1, -0.05) is 125 Å². The summed E-state index contributed by atoms with van der Waals surface area (Å²) >= 11 is 1.75. The minimum absolute atomic E-state index is 0.162. The third-order valence-corrected chi connectivity index (χ3v) is 9.05. The van der Waals surface area contributed by atoms with Crippen LogP contribution in [-0.2, 0) is 5.41 Å². The van der Waals surface area contributed by atoms with E-state index >= 15 is 0 Å². The fourth-order valence-corrected chi connectivity index (χ4v) is 6.64. The Bertz CT molecular complexity index is 1920. The minimum Gasteiger partial charge on any atom is -0.456 e. The summed E-state index contributed by atoms with van der Waals surface area (Å²) in [5.74, 6) is 0.823. The third-order valence-electron chi connectivity index (χ3n) is 8.10. The molecule has 3 heteroatoms. The molecule has 0 spiro atoms. The molecule has 0 bridgehead atoms. The molecule has 242 valence electrons. The van der Waals surface area contributed by atoms with E-state index in [0.717, 1.165) is 49.9 Å². The van der Waals surface area contributed by atoms with Crippen LogP contribution >= 0.6 is 11.8 Å². The van der Waals surface area contributed by atoms with Crippen LogP contribution < -0.4 is 16.0 Å². The lowest BCUT2D eigenvalue weighted by atomic mass is 9.81. The molecule has 2 nitrogen and oxygen atoms in total. The van der Waals surface area contributed by atoms with Crippen molar-refractivity contribution in [2.24, 2.45) is 0 Å². The van der Waals surface area contributed by atoms with E-state index in [-0.39, 0.29) is 5.41 Å². The number of rotatable bonds is 9. The molecule has 2 aromatic rings. The summed E-state index contributed by atoms with van der Waals surface area (Å²) in [5.41, 5.74) is 11.6. The van der Waals surface area contributed by atoms with Crippen molar-refractivity contribution in [1.82, 2.24) is 5.32 Å². The first-order valence-electron chi connectivity index (χ1n) is 15.9. The van der Waals surface area contributed by atoms with Gasteiger partial charge in [0.25, 0.3) is 0 Å². The van der Waals surface area contributed by atoms with Crippen LogP contribution in [0.3, 0.4) is 0 Å². The largest absolute Gasteiger partial charge is 0.456 e. The molecule has 0 radical (unpaired) electrons. The van der Waals surface area contributed by atoms with Crippen molar-refractivity contribution in [2.45, 2.75) is 58.8 Å². The predicted molar refractivity (Wildman–Crippen MR) is 211 cm³/mol. The van der Waals surface area contributed by atoms with Gasteiger partial charge in [0.15, 0.2) is 0 Å². The number of benzene rings is 1. The minimum atomic E-state index is -0.162. The highest BCUT2D eigenvalue weighted by Gasteiger charge is 2.37. The Hall–Kier alpha value is -4.73. The standard InChI is InChI=1S/C41H43NOS.C3H6/c1-11-17-33(39-30(8)29(7)37(43-39)18-12-2)31(13-3)21-20-28(6)42-25-24-34-35(14-4)41(9,10)36-23-22-32-27(5)19-15-16-26-44-40(32)38(34)36;1-3-2/h11-26,42H,3-5,8H2,1-2,6-7,9-10H3;3H,1H2,2H3/b17-11-,18-12-,19-15-,25-24-,26-16-,28-20+,31-21+,39-33-;. The number of hydrogen-bond donors (Lipinski definition) is 1. The highest BCUT2D eigenvalue weighted by molar-refractivity contribution is 8.02. The van der Waals surface area contributed by atoms with Gasteiger partial charge in [-0.3, -0.25) is 0 Å². The van der Waals surface area contributed by atoms with Crippen molar-refractivity contribution in [3.05, 3.63) is 178 Å². The maximum atomic E-state index is 6.24. The summed E-state index contributed by atoms with van der Waals surface area (Å²) in [7, 11) is 0. The summed E-state index contributed by atoms with van der Waals surface area (Å²) in [6.07, 6.45) is 28.1. The molecule has 1 aromatic heterocycles. The molecule has 1 aliphatic heterocycles. The van der Waals surface area contributed by atoms with E-state index in [4.69, 9.17) is 4.42 Å². The molecular weight excluding hydrogens is 591 g/mol. The van der Waals surface area contributed by atoms with E-state index in [9.17, 15) is 0 Å². The lowest BCUT2D eigenvalue weighted by Gasteiger charge is -2.24. The average Bonchev–Trinajstić information content (AvgIpc) is 3.43. The van der Waals surface area contributed by atoms with Crippen molar-refractivity contribution < 1.29 is 4.42 Å². The molecule has 0 unspecified atom stereocenters. The molecule has 1 N–H and O–H groups in total. The van der Waals surface area contributed by atoms with Crippen molar-refractivity contribution in [2.75, 3.05) is 0 Å². The Balaban J connectivity index is 0.00000192. The predicted octanol–water partition coefficient (Wildman–Crippen LogP) is 11.2. The van der Waals surface area contributed by atoms with Gasteiger partial charge in [0.2, 0.25) is 0 Å². The lowest BCUT2D eigenvalue weighted by Crippen LogP contribution is -2.23. The van der Waals surface area contributed by atoms with Crippen LogP contribution in [0.15, 0.2) is 149 Å². The zero-order chi connectivity index (χ0) is 34.7. The fourth-order valence-electron chi connectivity index (χ4n) is 5.67. The van der Waals surface area contributed by atoms with Crippen LogP contribution in [0, 0.1) is 6.92 Å². The maximum Gasteiger partial charge on any atom is 0.142 e. The Labute approximate surface area is 287 Å². The first kappa shape index (κ1) is 36.7. The number of furan rings is 1. The highest BCUT2D eigenvalue weighted by Crippen LogP contribution is 2.52. The van der Waals surface area contributed by atoms with Crippen molar-refractivity contribution in [1.29, 1.82) is 0 Å². The summed E-state index contributed by atoms with van der Waals surface area (Å²) in [4.78, 5) is 1.23. The Morgan fingerprint density at radius 1 is 0.979 bits per heavy atom. The van der Waals surface area contributed by atoms with Gasteiger partial charge in [-0.25, -0.2) is 0 Å². The highest BCUT2D eigenvalue weighted by atomic mass is 32.2. The second-order valence-electron chi connectivity index (χ2n) is 11.7. The van der Waals surface area contributed by atoms with Crippen molar-refractivity contribution in [3.8, 4) is 0 Å². The molecule has 47 heavy (non-hydrogen) atoms. The van der Waals surface area contributed by atoms with Gasteiger partial charge in [-0.2, -0.15) is 0 Å². The smallest absolute Gasteiger partial charge is 0.142 e. The van der Waals surface area contributed by atoms with Gasteiger partial charge < -0.3 is 9.73 Å². The molecule has 2 aliphatic rings. The zero-order valence-electron chi connectivity index (χ0n) is 29.2. The Kier molecular flexibility index (Phi) is 13.1. The van der Waals surface area contributed by atoms with Crippen LogP contribution in [0.5, 0.6) is 0 Å². The van der Waals surface area contributed by atoms with Crippen molar-refractivity contribution in [3.63, 3.8) is 0 Å². The third kappa shape index (κ3) is 7.99. The lowest BCUT2D eigenvalue weighted by molar-refractivity contribution is 0.518. The second-order valence-corrected chi connectivity index (χ2v) is 12.6. The Morgan fingerprint density at radius 2 is 1.70 bits per heavy atom. The van der Waals surface area contributed by atoms with Gasteiger partial charge in [0, 0.05) is 44.1 Å². The number of fused-ring (bicyclic) bond motifs is 3. The molecule has 0 saturated heterocycles. The van der Waals surface area contributed by atoms with Gasteiger partial charge in [-0.15, -0.1) is 6.58 Å². The number of nitrogens with one attached hydrogen (secondary N) is 1. The van der Waals surface area contributed by atoms with Gasteiger partial charge in [0.05, 0.1) is 0 Å². The van der Waals surface area contributed by atoms with E-state index in [1.54, 1.807) is 17.8 Å². The molecule has 0 atom stereocenters. The van der Waals surface area contributed by atoms with E-state index in [1.807, 2.05) is 83.4 Å². The normalized spacial score (nSPS) is 17.9. The van der Waals surface area contributed by atoms with E-state index in [1.165, 1.54) is 27.2 Å². The molecule has 0 fully saturated rings. The van der Waals surface area contributed by atoms with Crippen LogP contribution in [0.4, 0.5) is 0 Å². The topological polar surface area (TPSA) is 25.2 Å². The first-order valence-corrected chi connectivity index (χ1v) is 16.7. The molecular formula is C44H49NOS. The number of allylic oxidation sites excluding steroid dienone is 17. The Morgan fingerprint density at radius 3 is 2.34 bits per heavy atom. The van der Waals surface area contributed by atoms with Crippen LogP contribution in [0.2, 0.25) is 0 Å².